The zero-order valence-electron chi connectivity index (χ0n) is 13.1. The summed E-state index contributed by atoms with van der Waals surface area (Å²) in [7, 11) is 1.87. The molecule has 2 aromatic heterocycles. The Bertz CT molecular complexity index is 1100. The van der Waals surface area contributed by atoms with E-state index >= 15 is 0 Å². The molecule has 0 aliphatic carbocycles. The molecule has 2 heterocycles. The maximum atomic E-state index is 13.3. The Labute approximate surface area is 136 Å². The van der Waals surface area contributed by atoms with E-state index in [4.69, 9.17) is 0 Å². The van der Waals surface area contributed by atoms with Gasteiger partial charge in [-0.2, -0.15) is 0 Å². The molecule has 0 bridgehead atoms. The number of nitrogens with zero attached hydrogens (tertiary/aromatic N) is 3. The maximum Gasteiger partial charge on any atom is 0.210 e. The molecule has 0 atom stereocenters. The molecular weight excluding hydrogens is 309 g/mol. The third kappa shape index (κ3) is 2.30. The number of aryl methyl sites for hydroxylation is 1. The second kappa shape index (κ2) is 5.16. The fraction of sp³-hybridized carbons (Fsp3) is 0.118. The molecule has 0 radical (unpaired) electrons. The van der Waals surface area contributed by atoms with Crippen LogP contribution in [0.4, 0.5) is 16.3 Å². The van der Waals surface area contributed by atoms with Gasteiger partial charge in [0.1, 0.15) is 5.82 Å². The second-order valence-corrected chi connectivity index (χ2v) is 5.63. The Morgan fingerprint density at radius 1 is 1.17 bits per heavy atom. The number of hydrogen-bond acceptors (Lipinski definition) is 4. The van der Waals surface area contributed by atoms with E-state index in [1.165, 1.54) is 19.1 Å². The van der Waals surface area contributed by atoms with E-state index in [-0.39, 0.29) is 11.6 Å². The summed E-state index contributed by atoms with van der Waals surface area (Å²) >= 11 is 0. The van der Waals surface area contributed by atoms with Crippen molar-refractivity contribution in [1.82, 2.24) is 19.5 Å². The summed E-state index contributed by atoms with van der Waals surface area (Å²) < 4.78 is 15.1. The van der Waals surface area contributed by atoms with Gasteiger partial charge in [-0.3, -0.25) is 10.1 Å². The third-order valence-corrected chi connectivity index (χ3v) is 3.96. The van der Waals surface area contributed by atoms with Crippen LogP contribution in [0.3, 0.4) is 0 Å². The van der Waals surface area contributed by atoms with Gasteiger partial charge in [-0.15, -0.1) is 0 Å². The molecule has 2 aromatic carbocycles. The van der Waals surface area contributed by atoms with Gasteiger partial charge in [0.25, 0.3) is 0 Å². The summed E-state index contributed by atoms with van der Waals surface area (Å²) in [5, 5.41) is 3.10. The van der Waals surface area contributed by atoms with Crippen LogP contribution in [0.1, 0.15) is 17.3 Å². The molecule has 24 heavy (non-hydrogen) atoms. The highest BCUT2D eigenvalue weighted by atomic mass is 19.1. The molecule has 0 spiro atoms. The molecule has 2 N–H and O–H groups in total. The number of ketones is 1. The lowest BCUT2D eigenvalue weighted by molar-refractivity contribution is 0.101. The fourth-order valence-electron chi connectivity index (χ4n) is 2.68. The van der Waals surface area contributed by atoms with Crippen molar-refractivity contribution >= 4 is 39.7 Å². The number of carbonyl (C=O) groups is 1. The SMILES string of the molecule is CC(=O)c1ccc2c(c1)nc(Nc1nc3ccc(F)cc3[nH]1)n2C. The minimum absolute atomic E-state index is 0.00336. The van der Waals surface area contributed by atoms with Gasteiger partial charge in [-0.05, 0) is 43.3 Å². The van der Waals surface area contributed by atoms with Crippen LogP contribution in [0.25, 0.3) is 22.1 Å². The topological polar surface area (TPSA) is 75.6 Å². The van der Waals surface area contributed by atoms with Gasteiger partial charge < -0.3 is 9.55 Å². The molecule has 4 rings (SSSR count). The van der Waals surface area contributed by atoms with Gasteiger partial charge in [0.05, 0.1) is 22.1 Å². The van der Waals surface area contributed by atoms with Crippen molar-refractivity contribution < 1.29 is 9.18 Å². The Hall–Kier alpha value is -3.22. The Morgan fingerprint density at radius 2 is 2.00 bits per heavy atom. The largest absolute Gasteiger partial charge is 0.324 e. The number of rotatable bonds is 3. The Morgan fingerprint density at radius 3 is 2.79 bits per heavy atom. The molecule has 0 amide bonds. The summed E-state index contributed by atoms with van der Waals surface area (Å²) in [5.74, 6) is 0.722. The highest BCUT2D eigenvalue weighted by Crippen LogP contribution is 2.23. The number of Topliss-reactive ketones (excluding diaryl/α,β-unsaturated/α-hetero) is 1. The van der Waals surface area contributed by atoms with Crippen molar-refractivity contribution in [3.63, 3.8) is 0 Å². The smallest absolute Gasteiger partial charge is 0.210 e. The number of benzene rings is 2. The third-order valence-electron chi connectivity index (χ3n) is 3.96. The molecule has 0 fully saturated rings. The molecule has 4 aromatic rings. The average Bonchev–Trinajstić information content (AvgIpc) is 3.08. The van der Waals surface area contributed by atoms with Gasteiger partial charge in [0, 0.05) is 12.6 Å². The zero-order valence-corrected chi connectivity index (χ0v) is 13.1. The summed E-state index contributed by atoms with van der Waals surface area (Å²) in [6.07, 6.45) is 0. The van der Waals surface area contributed by atoms with E-state index in [9.17, 15) is 9.18 Å². The Balaban J connectivity index is 1.75. The number of imidazole rings is 2. The molecule has 7 heteroatoms. The first kappa shape index (κ1) is 14.4. The monoisotopic (exact) mass is 323 g/mol. The summed E-state index contributed by atoms with van der Waals surface area (Å²) in [6.45, 7) is 1.52. The number of carbonyl (C=O) groups excluding carboxylic acids is 1. The minimum Gasteiger partial charge on any atom is -0.324 e. The number of aromatic amines is 1. The van der Waals surface area contributed by atoms with Crippen LogP contribution in [-0.4, -0.2) is 25.3 Å². The zero-order chi connectivity index (χ0) is 16.8. The molecule has 120 valence electrons. The molecule has 6 nitrogen and oxygen atoms in total. The van der Waals surface area contributed by atoms with E-state index in [1.807, 2.05) is 17.7 Å². The van der Waals surface area contributed by atoms with Crippen molar-refractivity contribution in [1.29, 1.82) is 0 Å². The van der Waals surface area contributed by atoms with Crippen LogP contribution in [0.2, 0.25) is 0 Å². The Kier molecular flexibility index (Phi) is 3.09. The summed E-state index contributed by atoms with van der Waals surface area (Å²) in [5.41, 5.74) is 3.50. The van der Waals surface area contributed by atoms with Crippen LogP contribution < -0.4 is 5.32 Å². The van der Waals surface area contributed by atoms with E-state index in [0.29, 0.717) is 28.5 Å². The predicted octanol–water partition coefficient (Wildman–Crippen LogP) is 3.53. The number of H-pyrrole nitrogens is 1. The number of hydrogen-bond donors (Lipinski definition) is 2. The molecule has 0 aliphatic heterocycles. The van der Waals surface area contributed by atoms with Gasteiger partial charge >= 0.3 is 0 Å². The van der Waals surface area contributed by atoms with Crippen LogP contribution >= 0.6 is 0 Å². The van der Waals surface area contributed by atoms with Crippen LogP contribution in [-0.2, 0) is 7.05 Å². The normalized spacial score (nSPS) is 11.3. The summed E-state index contributed by atoms with van der Waals surface area (Å²) in [6, 6.07) is 9.77. The average molecular weight is 323 g/mol. The van der Waals surface area contributed by atoms with Crippen LogP contribution in [0.15, 0.2) is 36.4 Å². The fourth-order valence-corrected chi connectivity index (χ4v) is 2.68. The number of anilines is 2. The quantitative estimate of drug-likeness (QED) is 0.566. The van der Waals surface area contributed by atoms with E-state index in [0.717, 1.165) is 11.0 Å². The highest BCUT2D eigenvalue weighted by molar-refractivity contribution is 5.97. The first-order chi connectivity index (χ1) is 11.5. The molecule has 0 saturated carbocycles. The first-order valence-corrected chi connectivity index (χ1v) is 7.41. The standard InChI is InChI=1S/C17H14FN5O/c1-9(24)10-3-6-15-14(7-10)21-17(23(15)2)22-16-19-12-5-4-11(18)8-13(12)20-16/h3-8H,1-2H3,(H2,19,20,21,22). The highest BCUT2D eigenvalue weighted by Gasteiger charge is 2.12. The van der Waals surface area contributed by atoms with Gasteiger partial charge in [0.2, 0.25) is 11.9 Å². The number of nitrogens with one attached hydrogen (secondary N) is 2. The van der Waals surface area contributed by atoms with Gasteiger partial charge in [0.15, 0.2) is 5.78 Å². The van der Waals surface area contributed by atoms with E-state index in [2.05, 4.69) is 20.3 Å². The van der Waals surface area contributed by atoms with Crippen molar-refractivity contribution in [2.45, 2.75) is 6.92 Å². The lowest BCUT2D eigenvalue weighted by Crippen LogP contribution is -2.00. The van der Waals surface area contributed by atoms with Gasteiger partial charge in [-0.25, -0.2) is 14.4 Å². The van der Waals surface area contributed by atoms with E-state index in [1.54, 1.807) is 18.2 Å². The van der Waals surface area contributed by atoms with E-state index < -0.39 is 0 Å². The molecule has 0 saturated heterocycles. The van der Waals surface area contributed by atoms with Crippen molar-refractivity contribution in [2.75, 3.05) is 5.32 Å². The number of fused-ring (bicyclic) bond motifs is 2. The summed E-state index contributed by atoms with van der Waals surface area (Å²) in [4.78, 5) is 23.4. The van der Waals surface area contributed by atoms with Crippen molar-refractivity contribution in [3.8, 4) is 0 Å². The number of aromatic nitrogens is 4. The van der Waals surface area contributed by atoms with Gasteiger partial charge in [-0.1, -0.05) is 0 Å². The predicted molar refractivity (Wildman–Crippen MR) is 90.1 cm³/mol. The minimum atomic E-state index is -0.322. The molecule has 0 aliphatic rings. The first-order valence-electron chi connectivity index (χ1n) is 7.41. The lowest BCUT2D eigenvalue weighted by atomic mass is 10.1. The van der Waals surface area contributed by atoms with Crippen molar-refractivity contribution in [2.24, 2.45) is 7.05 Å². The molecule has 0 unspecified atom stereocenters. The van der Waals surface area contributed by atoms with Crippen LogP contribution in [0, 0.1) is 5.82 Å². The van der Waals surface area contributed by atoms with Crippen LogP contribution in [0.5, 0.6) is 0 Å². The second-order valence-electron chi connectivity index (χ2n) is 5.63. The number of halogens is 1. The maximum absolute atomic E-state index is 13.3. The lowest BCUT2D eigenvalue weighted by Gasteiger charge is -2.02. The molecular formula is C17H14FN5O. The van der Waals surface area contributed by atoms with Crippen molar-refractivity contribution in [3.05, 3.63) is 47.8 Å².